The van der Waals surface area contributed by atoms with Gasteiger partial charge in [-0.3, -0.25) is 14.4 Å². The molecule has 1 aliphatic rings. The maximum absolute atomic E-state index is 12.7. The van der Waals surface area contributed by atoms with Crippen molar-refractivity contribution in [3.63, 3.8) is 0 Å². The average molecular weight is 408 g/mol. The van der Waals surface area contributed by atoms with Crippen molar-refractivity contribution in [1.82, 2.24) is 4.90 Å². The summed E-state index contributed by atoms with van der Waals surface area (Å²) >= 11 is 0. The highest BCUT2D eigenvalue weighted by molar-refractivity contribution is 5.95. The second kappa shape index (κ2) is 10.1. The van der Waals surface area contributed by atoms with Gasteiger partial charge in [0, 0.05) is 43.7 Å². The first-order valence-electron chi connectivity index (χ1n) is 10.4. The highest BCUT2D eigenvalue weighted by Gasteiger charge is 2.27. The zero-order valence-corrected chi connectivity index (χ0v) is 17.6. The number of amides is 3. The number of anilines is 2. The third kappa shape index (κ3) is 5.92. The molecule has 0 unspecified atom stereocenters. The second-order valence-corrected chi connectivity index (χ2v) is 7.84. The van der Waals surface area contributed by atoms with Crippen LogP contribution >= 0.6 is 0 Å². The topological polar surface area (TPSA) is 78.5 Å². The number of aryl methyl sites for hydroxylation is 2. The lowest BCUT2D eigenvalue weighted by Crippen LogP contribution is -2.41. The number of nitrogens with one attached hydrogen (secondary N) is 2. The van der Waals surface area contributed by atoms with Crippen LogP contribution in [0.4, 0.5) is 11.4 Å². The van der Waals surface area contributed by atoms with E-state index in [0.29, 0.717) is 43.7 Å². The van der Waals surface area contributed by atoms with Gasteiger partial charge in [-0.2, -0.15) is 0 Å². The van der Waals surface area contributed by atoms with Crippen molar-refractivity contribution >= 4 is 29.1 Å². The van der Waals surface area contributed by atoms with E-state index in [0.717, 1.165) is 17.5 Å². The zero-order valence-electron chi connectivity index (χ0n) is 17.6. The number of carbonyl (C=O) groups excluding carboxylic acids is 3. The largest absolute Gasteiger partial charge is 0.343 e. The van der Waals surface area contributed by atoms with E-state index in [1.165, 1.54) is 6.92 Å². The number of nitrogens with zero attached hydrogens (tertiary/aromatic N) is 1. The van der Waals surface area contributed by atoms with Crippen LogP contribution in [-0.4, -0.2) is 35.7 Å². The van der Waals surface area contributed by atoms with Crippen LogP contribution in [0.3, 0.4) is 0 Å². The Kier molecular flexibility index (Phi) is 7.22. The first-order valence-corrected chi connectivity index (χ1v) is 10.4. The summed E-state index contributed by atoms with van der Waals surface area (Å²) in [5, 5.41) is 5.72. The highest BCUT2D eigenvalue weighted by atomic mass is 16.2. The minimum absolute atomic E-state index is 0.0380. The SMILES string of the molecule is CC(=O)Nc1cc(NC(=O)C2CCN(C(=O)CCc3ccccc3)CC2)ccc1C. The van der Waals surface area contributed by atoms with Gasteiger partial charge in [0.25, 0.3) is 0 Å². The van der Waals surface area contributed by atoms with Crippen LogP contribution in [0, 0.1) is 12.8 Å². The molecule has 30 heavy (non-hydrogen) atoms. The highest BCUT2D eigenvalue weighted by Crippen LogP contribution is 2.23. The summed E-state index contributed by atoms with van der Waals surface area (Å²) < 4.78 is 0. The Hall–Kier alpha value is -3.15. The van der Waals surface area contributed by atoms with Crippen LogP contribution in [0.5, 0.6) is 0 Å². The number of piperidine rings is 1. The Morgan fingerprint density at radius 2 is 1.70 bits per heavy atom. The minimum Gasteiger partial charge on any atom is -0.343 e. The molecule has 2 aromatic carbocycles. The molecule has 2 N–H and O–H groups in total. The fraction of sp³-hybridized carbons (Fsp3) is 0.375. The molecule has 1 aliphatic heterocycles. The molecule has 0 bridgehead atoms. The van der Waals surface area contributed by atoms with Gasteiger partial charge >= 0.3 is 0 Å². The van der Waals surface area contributed by atoms with Crippen LogP contribution in [-0.2, 0) is 20.8 Å². The van der Waals surface area contributed by atoms with Gasteiger partial charge in [0.1, 0.15) is 0 Å². The fourth-order valence-corrected chi connectivity index (χ4v) is 3.71. The van der Waals surface area contributed by atoms with E-state index in [1.807, 2.05) is 54.3 Å². The molecule has 0 spiro atoms. The van der Waals surface area contributed by atoms with E-state index in [4.69, 9.17) is 0 Å². The number of likely N-dealkylation sites (tertiary alicyclic amines) is 1. The van der Waals surface area contributed by atoms with Gasteiger partial charge < -0.3 is 15.5 Å². The van der Waals surface area contributed by atoms with Crippen molar-refractivity contribution in [3.8, 4) is 0 Å². The van der Waals surface area contributed by atoms with Gasteiger partial charge in [-0.15, -0.1) is 0 Å². The van der Waals surface area contributed by atoms with Gasteiger partial charge in [0.2, 0.25) is 17.7 Å². The Bertz CT molecular complexity index is 903. The van der Waals surface area contributed by atoms with Crippen LogP contribution in [0.15, 0.2) is 48.5 Å². The second-order valence-electron chi connectivity index (χ2n) is 7.84. The Morgan fingerprint density at radius 1 is 1.00 bits per heavy atom. The maximum Gasteiger partial charge on any atom is 0.227 e. The monoisotopic (exact) mass is 407 g/mol. The molecule has 3 amide bonds. The Labute approximate surface area is 177 Å². The molecule has 0 atom stereocenters. The molecular weight excluding hydrogens is 378 g/mol. The predicted molar refractivity (Wildman–Crippen MR) is 118 cm³/mol. The lowest BCUT2D eigenvalue weighted by Gasteiger charge is -2.31. The number of carbonyl (C=O) groups is 3. The minimum atomic E-state index is -0.147. The summed E-state index contributed by atoms with van der Waals surface area (Å²) in [6.07, 6.45) is 2.56. The number of hydrogen-bond donors (Lipinski definition) is 2. The Morgan fingerprint density at radius 3 is 2.37 bits per heavy atom. The molecule has 1 fully saturated rings. The molecule has 0 aromatic heterocycles. The molecular formula is C24H29N3O3. The summed E-state index contributed by atoms with van der Waals surface area (Å²) in [5.41, 5.74) is 3.46. The van der Waals surface area contributed by atoms with Gasteiger partial charge in [-0.05, 0) is 49.4 Å². The molecule has 3 rings (SSSR count). The van der Waals surface area contributed by atoms with Crippen molar-refractivity contribution in [2.75, 3.05) is 23.7 Å². The number of benzene rings is 2. The summed E-state index contributed by atoms with van der Waals surface area (Å²) in [4.78, 5) is 38.4. The van der Waals surface area contributed by atoms with E-state index in [1.54, 1.807) is 6.07 Å². The number of rotatable bonds is 6. The molecule has 0 saturated carbocycles. The van der Waals surface area contributed by atoms with Crippen LogP contribution in [0.1, 0.15) is 37.3 Å². The molecule has 1 saturated heterocycles. The van der Waals surface area contributed by atoms with Crippen molar-refractivity contribution in [1.29, 1.82) is 0 Å². The molecule has 0 aliphatic carbocycles. The third-order valence-corrected chi connectivity index (χ3v) is 5.50. The van der Waals surface area contributed by atoms with Gasteiger partial charge in [-0.1, -0.05) is 36.4 Å². The van der Waals surface area contributed by atoms with Crippen LogP contribution in [0.2, 0.25) is 0 Å². The van der Waals surface area contributed by atoms with Gasteiger partial charge in [0.05, 0.1) is 0 Å². The molecule has 2 aromatic rings. The van der Waals surface area contributed by atoms with Crippen LogP contribution in [0.25, 0.3) is 0 Å². The molecule has 6 nitrogen and oxygen atoms in total. The predicted octanol–water partition coefficient (Wildman–Crippen LogP) is 3.76. The van der Waals surface area contributed by atoms with E-state index in [2.05, 4.69) is 10.6 Å². The quantitative estimate of drug-likeness (QED) is 0.765. The summed E-state index contributed by atoms with van der Waals surface area (Å²) in [6, 6.07) is 15.5. The standard InChI is InChI=1S/C24H29N3O3/c1-17-8-10-21(16-22(17)25-18(2)28)26-24(30)20-12-14-27(15-13-20)23(29)11-9-19-6-4-3-5-7-19/h3-8,10,16,20H,9,11-15H2,1-2H3,(H,25,28)(H,26,30). The first kappa shape index (κ1) is 21.6. The summed E-state index contributed by atoms with van der Waals surface area (Å²) in [6.45, 7) is 4.58. The van der Waals surface area contributed by atoms with Gasteiger partial charge in [-0.25, -0.2) is 0 Å². The fourth-order valence-electron chi connectivity index (χ4n) is 3.71. The van der Waals surface area contributed by atoms with Gasteiger partial charge in [0.15, 0.2) is 0 Å². The Balaban J connectivity index is 1.48. The van der Waals surface area contributed by atoms with E-state index in [-0.39, 0.29) is 23.6 Å². The average Bonchev–Trinajstić information content (AvgIpc) is 2.75. The van der Waals surface area contributed by atoms with Crippen LogP contribution < -0.4 is 10.6 Å². The summed E-state index contributed by atoms with van der Waals surface area (Å²) in [5.74, 6) is -0.153. The normalized spacial score (nSPS) is 14.3. The molecule has 0 radical (unpaired) electrons. The lowest BCUT2D eigenvalue weighted by molar-refractivity contribution is -0.134. The zero-order chi connectivity index (χ0) is 21.5. The van der Waals surface area contributed by atoms with E-state index >= 15 is 0 Å². The smallest absolute Gasteiger partial charge is 0.227 e. The lowest BCUT2D eigenvalue weighted by atomic mass is 9.95. The van der Waals surface area contributed by atoms with Crippen molar-refractivity contribution < 1.29 is 14.4 Å². The van der Waals surface area contributed by atoms with E-state index < -0.39 is 0 Å². The molecule has 6 heteroatoms. The molecule has 158 valence electrons. The summed E-state index contributed by atoms with van der Waals surface area (Å²) in [7, 11) is 0. The van der Waals surface area contributed by atoms with Crippen molar-refractivity contribution in [2.45, 2.75) is 39.5 Å². The van der Waals surface area contributed by atoms with E-state index in [9.17, 15) is 14.4 Å². The maximum atomic E-state index is 12.7. The number of hydrogen-bond acceptors (Lipinski definition) is 3. The third-order valence-electron chi connectivity index (χ3n) is 5.50. The molecule has 1 heterocycles. The van der Waals surface area contributed by atoms with Crippen molar-refractivity contribution in [2.24, 2.45) is 5.92 Å². The first-order chi connectivity index (χ1) is 14.4. The van der Waals surface area contributed by atoms with Crippen molar-refractivity contribution in [3.05, 3.63) is 59.7 Å².